The quantitative estimate of drug-likeness (QED) is 0.0255. The lowest BCUT2D eigenvalue weighted by Crippen LogP contribution is -2.63. The summed E-state index contributed by atoms with van der Waals surface area (Å²) in [6.45, 7) is 5.76. The number of aliphatic hydroxyl groups is 6. The summed E-state index contributed by atoms with van der Waals surface area (Å²) in [6.07, 6.45) is -18.1. The van der Waals surface area contributed by atoms with Crippen molar-refractivity contribution in [1.29, 1.82) is 0 Å². The van der Waals surface area contributed by atoms with E-state index in [1.54, 1.807) is 27.7 Å². The summed E-state index contributed by atoms with van der Waals surface area (Å²) >= 11 is 14.3. The van der Waals surface area contributed by atoms with Gasteiger partial charge in [-0.25, -0.2) is 9.78 Å². The van der Waals surface area contributed by atoms with Gasteiger partial charge in [-0.1, -0.05) is 62.2 Å². The van der Waals surface area contributed by atoms with Crippen molar-refractivity contribution >= 4 is 94.2 Å². The molecule has 0 saturated carbocycles. The fourth-order valence-electron chi connectivity index (χ4n) is 15.2. The van der Waals surface area contributed by atoms with Gasteiger partial charge in [-0.05, 0) is 141 Å². The second-order valence-corrected chi connectivity index (χ2v) is 33.2. The van der Waals surface area contributed by atoms with Gasteiger partial charge in [0.2, 0.25) is 71.1 Å². The Balaban J connectivity index is 1.11. The standard InChI is InChI=1S/C83H101Cl2N15O29/c1-32(2)18-46(89-5)72(113)99-63-65(108)35-10-14-51(42(84)20-35)124-53-22-37-23-54(69(53)129-82-70(68(111)67(110)55(30-101)126-82)127-58-28-83(4,88)33(3)81(123)128-58)125-52-15-11-36(21-43(52)85)66(109)64-79(120)98-62(77(118)92-44(8-6-7-17-86)71(112)94-47(24-38-29-90-31-91-38)73(114)93-45(80(121)122)12-16-57(106)107)41-25-39(102)26-50(104)59(41)40-19-34(9-13-49(40)103)60(75(116)100-64)97-76(117)61(37)96-74(115)48(27-56(87)105)95-78(63)119/h9-11,13-15,19-23,25-26,29,31-33,44-48,55,58,60-68,70,81-82,89,101-104,108-111,123H,6-8,12,16-18,24,27-28,30,86,88H2,1-5H3,(H2,87,105)(H,90,91)(H,92,118)(H,93,114)(H,94,112)(H,95,119)(H,96,115)(H,97,117)(H,98,120)(H,99,113)(H,100,116)(H,106,107)(H,121,122)/t33-,44+,45-,46-,47+,48+,55+,58-,60-,61-,62+,63-,64+,65-,66-,67+,68-,70+,81-,82-,83+/m1/s1. The Kier molecular flexibility index (Phi) is 31.7. The molecule has 6 aromatic rings. The number of ether oxygens (including phenoxy) is 6. The summed E-state index contributed by atoms with van der Waals surface area (Å²) < 4.78 is 38.4. The van der Waals surface area contributed by atoms with Gasteiger partial charge in [0.05, 0.1) is 41.1 Å². The molecular formula is C83H101Cl2N15O29. The number of hydrogen-bond donors (Lipinski definition) is 25. The van der Waals surface area contributed by atoms with Crippen LogP contribution in [-0.4, -0.2) is 248 Å². The fraction of sp³-hybridized carbons (Fsp3) is 0.458. The summed E-state index contributed by atoms with van der Waals surface area (Å²) in [5.74, 6) is -22.8. The Morgan fingerprint density at radius 1 is 0.674 bits per heavy atom. The molecule has 0 aliphatic carbocycles. The van der Waals surface area contributed by atoms with Crippen LogP contribution in [0.5, 0.6) is 46.0 Å². The van der Waals surface area contributed by atoms with Crippen molar-refractivity contribution in [2.75, 3.05) is 20.2 Å². The molecule has 0 spiro atoms. The first-order chi connectivity index (χ1) is 61.1. The number of nitrogens with one attached hydrogen (secondary N) is 11. The van der Waals surface area contributed by atoms with Crippen molar-refractivity contribution in [3.8, 4) is 57.1 Å². The third-order valence-corrected chi connectivity index (χ3v) is 23.1. The lowest BCUT2D eigenvalue weighted by molar-refractivity contribution is -0.348. The van der Waals surface area contributed by atoms with Crippen molar-refractivity contribution in [3.63, 3.8) is 0 Å². The molecule has 129 heavy (non-hydrogen) atoms. The van der Waals surface area contributed by atoms with E-state index in [1.165, 1.54) is 25.6 Å². The second kappa shape index (κ2) is 42.0. The van der Waals surface area contributed by atoms with Crippen LogP contribution in [0, 0.1) is 11.8 Å². The number of likely N-dealkylation sites (N-methyl/N-ethyl adjacent to an activating group) is 1. The van der Waals surface area contributed by atoms with E-state index in [0.29, 0.717) is 0 Å². The number of unbranched alkanes of at least 4 members (excludes halogenated alkanes) is 1. The van der Waals surface area contributed by atoms with Crippen molar-refractivity contribution < 1.29 is 142 Å². The first kappa shape index (κ1) is 97.5. The molecule has 21 atom stereocenters. The zero-order valence-corrected chi connectivity index (χ0v) is 71.3. The van der Waals surface area contributed by atoms with E-state index in [-0.39, 0.29) is 61.4 Å². The van der Waals surface area contributed by atoms with Crippen LogP contribution in [0.1, 0.15) is 143 Å². The number of carboxylic acids is 2. The van der Waals surface area contributed by atoms with Crippen molar-refractivity contribution in [3.05, 3.63) is 135 Å². The number of carboxylic acid groups (broad SMARTS) is 2. The number of imidazole rings is 1. The van der Waals surface area contributed by atoms with Gasteiger partial charge in [0, 0.05) is 54.1 Å². The molecule has 13 rings (SSSR count). The van der Waals surface area contributed by atoms with Crippen molar-refractivity contribution in [2.45, 2.75) is 207 Å². The molecule has 2 fully saturated rings. The number of carbonyl (C=O) groups is 12. The maximum atomic E-state index is 16.4. The van der Waals surface area contributed by atoms with Gasteiger partial charge < -0.3 is 160 Å². The highest BCUT2D eigenvalue weighted by atomic mass is 35.5. The van der Waals surface area contributed by atoms with Crippen LogP contribution in [0.4, 0.5) is 0 Å². The van der Waals surface area contributed by atoms with E-state index in [2.05, 4.69) is 63.1 Å². The number of aromatic amines is 1. The summed E-state index contributed by atoms with van der Waals surface area (Å²) in [6, 6.07) is -7.26. The number of fused-ring (bicyclic) bond motifs is 15. The van der Waals surface area contributed by atoms with Crippen LogP contribution < -0.4 is 84.6 Å². The van der Waals surface area contributed by atoms with Crippen LogP contribution in [-0.2, 0) is 78.2 Å². The Bertz CT molecular complexity index is 5210. The number of primary amides is 1. The molecular weight excluding hydrogens is 1740 g/mol. The number of benzene rings is 5. The lowest BCUT2D eigenvalue weighted by atomic mass is 9.82. The van der Waals surface area contributed by atoms with E-state index < -0.39 is 315 Å². The first-order valence-electron chi connectivity index (χ1n) is 40.8. The zero-order chi connectivity index (χ0) is 94.1. The number of H-pyrrole nitrogens is 1. The number of aliphatic carboxylic acids is 2. The fourth-order valence-corrected chi connectivity index (χ4v) is 15.7. The number of nitrogens with two attached hydrogens (primary N) is 3. The monoisotopic (exact) mass is 1840 g/mol. The average Bonchev–Trinajstić information content (AvgIpc) is 1.32. The second-order valence-electron chi connectivity index (χ2n) is 32.4. The number of hydrogen-bond acceptors (Lipinski definition) is 31. The Morgan fingerprint density at radius 2 is 1.30 bits per heavy atom. The largest absolute Gasteiger partial charge is 0.508 e. The molecule has 8 heterocycles. The van der Waals surface area contributed by atoms with E-state index >= 15 is 28.8 Å². The summed E-state index contributed by atoms with van der Waals surface area (Å²) in [4.78, 5) is 182. The number of nitrogens with zero attached hydrogens (tertiary/aromatic N) is 1. The van der Waals surface area contributed by atoms with E-state index in [0.717, 1.165) is 72.8 Å². The number of aromatic nitrogens is 2. The number of aromatic hydroxyl groups is 3. The van der Waals surface area contributed by atoms with Crippen molar-refractivity contribution in [1.82, 2.24) is 63.1 Å². The number of carbonyl (C=O) groups excluding carboxylic acids is 10. The van der Waals surface area contributed by atoms with Crippen LogP contribution in [0.3, 0.4) is 0 Å². The number of phenols is 3. The maximum Gasteiger partial charge on any atom is 0.326 e. The topological polar surface area (TPSA) is 710 Å². The Hall–Kier alpha value is -12.2. The maximum absolute atomic E-state index is 16.4. The minimum atomic E-state index is -2.48. The number of halogens is 2. The highest BCUT2D eigenvalue weighted by Gasteiger charge is 2.52. The number of aliphatic hydroxyl groups excluding tert-OH is 6. The zero-order valence-electron chi connectivity index (χ0n) is 69.8. The molecule has 696 valence electrons. The third-order valence-electron chi connectivity index (χ3n) is 22.5. The Morgan fingerprint density at radius 3 is 1.90 bits per heavy atom. The van der Waals surface area contributed by atoms with Gasteiger partial charge in [0.25, 0.3) is 0 Å². The van der Waals surface area contributed by atoms with Gasteiger partial charge in [-0.2, -0.15) is 0 Å². The summed E-state index contributed by atoms with van der Waals surface area (Å²) in [5, 5.41) is 150. The molecule has 11 bridgehead atoms. The van der Waals surface area contributed by atoms with Gasteiger partial charge >= 0.3 is 11.9 Å². The molecule has 5 aromatic carbocycles. The van der Waals surface area contributed by atoms with E-state index in [9.17, 15) is 84.9 Å². The molecule has 0 radical (unpaired) electrons. The molecule has 44 nitrogen and oxygen atoms in total. The minimum Gasteiger partial charge on any atom is -0.508 e. The number of amides is 10. The van der Waals surface area contributed by atoms with E-state index in [1.807, 2.05) is 0 Å². The van der Waals surface area contributed by atoms with Crippen LogP contribution in [0.15, 0.2) is 91.4 Å². The summed E-state index contributed by atoms with van der Waals surface area (Å²) in [5.41, 5.74) is 13.8. The Labute approximate surface area is 744 Å². The minimum absolute atomic E-state index is 0.0182. The first-order valence-corrected chi connectivity index (χ1v) is 41.6. The van der Waals surface area contributed by atoms with E-state index in [4.69, 9.17) is 68.8 Å². The predicted octanol–water partition coefficient (Wildman–Crippen LogP) is -1.27. The average molecular weight is 1840 g/mol. The number of phenolic OH excluding ortho intramolecular Hbond substituents is 3. The highest BCUT2D eigenvalue weighted by molar-refractivity contribution is 6.32. The molecule has 7 aliphatic heterocycles. The summed E-state index contributed by atoms with van der Waals surface area (Å²) in [7, 11) is 1.45. The molecule has 28 N–H and O–H groups in total. The normalized spacial score (nSPS) is 26.2. The van der Waals surface area contributed by atoms with Gasteiger partial charge in [0.1, 0.15) is 114 Å². The number of rotatable bonds is 28. The highest BCUT2D eigenvalue weighted by Crippen LogP contribution is 2.50. The lowest BCUT2D eigenvalue weighted by Gasteiger charge is -2.47. The third kappa shape index (κ3) is 23.1. The molecule has 1 aromatic heterocycles. The van der Waals surface area contributed by atoms with Crippen molar-refractivity contribution in [2.24, 2.45) is 29.0 Å². The van der Waals surface area contributed by atoms with Gasteiger partial charge in [-0.3, -0.25) is 52.7 Å². The van der Waals surface area contributed by atoms with Gasteiger partial charge in [0.15, 0.2) is 30.2 Å². The van der Waals surface area contributed by atoms with Crippen LogP contribution >= 0.6 is 23.2 Å². The molecule has 46 heteroatoms. The smallest absolute Gasteiger partial charge is 0.326 e. The molecule has 2 saturated heterocycles. The molecule has 7 aliphatic rings. The molecule has 10 amide bonds. The predicted molar refractivity (Wildman–Crippen MR) is 447 cm³/mol. The van der Waals surface area contributed by atoms with Crippen LogP contribution in [0.2, 0.25) is 10.0 Å². The SMILES string of the molecule is CN[C@H](CC(C)C)C(=O)N[C@H]1C(=O)N[C@@H](CC(N)=O)C(=O)N[C@H]2C(=O)N[C@H]3C(=O)N[C@H](C(=O)N[C@H](C(=O)N[C@@H](CCCCN)C(=O)N[C@@H](Cc4c[nH]cn4)C(=O)N[C@H](CCC(=O)O)C(=O)O)c4cc(O)cc(O)c4-c4cc3ccc4O)[C@H](O)c3ccc(c(Cl)c3)Oc3cc2cc(c3O[C@H]2O[C@@H](CO)[C@H](O)[C@@H](O)[C@@H]2O[C@H]2C[C@](C)(N)[C@H](C)[C@H](O)O2)Oc2ccc(cc2Cl)[C@H]1O. The van der Waals surface area contributed by atoms with Gasteiger partial charge in [-0.15, -0.1) is 0 Å². The van der Waals surface area contributed by atoms with Crippen LogP contribution in [0.25, 0.3) is 11.1 Å². The molecule has 0 unspecified atom stereocenters.